The number of nitrogen functional groups attached to an aromatic ring is 1. The molecule has 4 nitrogen and oxygen atoms in total. The lowest BCUT2D eigenvalue weighted by Gasteiger charge is -2.13. The van der Waals surface area contributed by atoms with E-state index in [0.29, 0.717) is 0 Å². The highest BCUT2D eigenvalue weighted by Gasteiger charge is 2.21. The van der Waals surface area contributed by atoms with Gasteiger partial charge in [0.25, 0.3) is 10.0 Å². The summed E-state index contributed by atoms with van der Waals surface area (Å²) < 4.78 is 40.4. The Balaban J connectivity index is 2.51. The van der Waals surface area contributed by atoms with Crippen LogP contribution in [0.1, 0.15) is 5.56 Å². The maximum atomic E-state index is 13.3. The molecule has 0 aromatic heterocycles. The van der Waals surface area contributed by atoms with Gasteiger partial charge in [0.15, 0.2) is 0 Å². The van der Waals surface area contributed by atoms with Crippen molar-refractivity contribution in [3.63, 3.8) is 0 Å². The van der Waals surface area contributed by atoms with Crippen LogP contribution in [-0.4, -0.2) is 8.42 Å². The fraction of sp³-hybridized carbons (Fsp3) is 0.0769. The van der Waals surface area contributed by atoms with Gasteiger partial charge in [0.1, 0.15) is 5.82 Å². The topological polar surface area (TPSA) is 72.2 Å². The second-order valence-corrected chi connectivity index (χ2v) is 6.81. The summed E-state index contributed by atoms with van der Waals surface area (Å²) in [6.07, 6.45) is 0. The fourth-order valence-electron chi connectivity index (χ4n) is 1.74. The molecule has 0 bridgehead atoms. The zero-order valence-electron chi connectivity index (χ0n) is 10.8. The molecule has 0 heterocycles. The lowest BCUT2D eigenvalue weighted by molar-refractivity contribution is 0.599. The summed E-state index contributed by atoms with van der Waals surface area (Å²) in [6, 6.07) is 6.69. The Morgan fingerprint density at radius 1 is 1.19 bits per heavy atom. The molecule has 0 aliphatic carbocycles. The van der Waals surface area contributed by atoms with Gasteiger partial charge in [-0.05, 0) is 36.8 Å². The van der Waals surface area contributed by atoms with Crippen LogP contribution in [0, 0.1) is 12.7 Å². The first kappa shape index (κ1) is 15.9. The van der Waals surface area contributed by atoms with Gasteiger partial charge in [-0.25, -0.2) is 12.8 Å². The van der Waals surface area contributed by atoms with Crippen molar-refractivity contribution in [1.29, 1.82) is 0 Å². The molecule has 0 saturated heterocycles. The number of sulfonamides is 1. The van der Waals surface area contributed by atoms with Gasteiger partial charge in [-0.15, -0.1) is 0 Å². The lowest BCUT2D eigenvalue weighted by Crippen LogP contribution is -2.15. The van der Waals surface area contributed by atoms with Crippen LogP contribution in [0.4, 0.5) is 15.8 Å². The van der Waals surface area contributed by atoms with Crippen LogP contribution in [0.15, 0.2) is 35.2 Å². The van der Waals surface area contributed by atoms with E-state index < -0.39 is 15.8 Å². The van der Waals surface area contributed by atoms with E-state index in [2.05, 4.69) is 4.72 Å². The maximum Gasteiger partial charge on any atom is 0.262 e. The van der Waals surface area contributed by atoms with E-state index in [-0.39, 0.29) is 31.9 Å². The highest BCUT2D eigenvalue weighted by atomic mass is 35.5. The Labute approximate surface area is 131 Å². The van der Waals surface area contributed by atoms with Crippen molar-refractivity contribution in [2.75, 3.05) is 10.5 Å². The highest BCUT2D eigenvalue weighted by Crippen LogP contribution is 2.32. The molecule has 0 amide bonds. The molecule has 0 atom stereocenters. The summed E-state index contributed by atoms with van der Waals surface area (Å²) in [4.78, 5) is -0.141. The highest BCUT2D eigenvalue weighted by molar-refractivity contribution is 7.92. The normalized spacial score (nSPS) is 11.4. The molecule has 21 heavy (non-hydrogen) atoms. The minimum atomic E-state index is -3.99. The first-order valence-electron chi connectivity index (χ1n) is 5.75. The standard InChI is InChI=1S/C13H11Cl2FN2O2S/c1-7-5-10(16)11(17)6-12(7)21(19,20)18-13-8(14)3-2-4-9(13)15/h2-6,18H,17H2,1H3. The second kappa shape index (κ2) is 5.71. The van der Waals surface area contributed by atoms with Gasteiger partial charge in [0.05, 0.1) is 26.3 Å². The molecule has 8 heteroatoms. The molecule has 112 valence electrons. The monoisotopic (exact) mass is 348 g/mol. The first-order valence-corrected chi connectivity index (χ1v) is 7.99. The van der Waals surface area contributed by atoms with Crippen LogP contribution >= 0.6 is 23.2 Å². The van der Waals surface area contributed by atoms with Crippen molar-refractivity contribution in [3.05, 3.63) is 51.8 Å². The van der Waals surface area contributed by atoms with Crippen molar-refractivity contribution in [2.24, 2.45) is 0 Å². The number of nitrogens with one attached hydrogen (secondary N) is 1. The Hall–Kier alpha value is -1.50. The van der Waals surface area contributed by atoms with Gasteiger partial charge in [0.2, 0.25) is 0 Å². The molecule has 2 aromatic rings. The van der Waals surface area contributed by atoms with Crippen LogP contribution in [0.5, 0.6) is 0 Å². The summed E-state index contributed by atoms with van der Waals surface area (Å²) in [5.41, 5.74) is 5.44. The summed E-state index contributed by atoms with van der Waals surface area (Å²) >= 11 is 11.8. The number of hydrogen-bond acceptors (Lipinski definition) is 3. The molecule has 0 saturated carbocycles. The predicted molar refractivity (Wildman–Crippen MR) is 82.8 cm³/mol. The average molecular weight is 349 g/mol. The van der Waals surface area contributed by atoms with Crippen molar-refractivity contribution >= 4 is 44.6 Å². The molecule has 0 spiro atoms. The van der Waals surface area contributed by atoms with Crippen LogP contribution < -0.4 is 10.5 Å². The number of anilines is 2. The number of rotatable bonds is 3. The Morgan fingerprint density at radius 3 is 2.33 bits per heavy atom. The van der Waals surface area contributed by atoms with E-state index >= 15 is 0 Å². The van der Waals surface area contributed by atoms with Gasteiger partial charge in [0, 0.05) is 0 Å². The number of para-hydroxylation sites is 1. The molecular weight excluding hydrogens is 338 g/mol. The Bertz CT molecular complexity index is 790. The van der Waals surface area contributed by atoms with Crippen LogP contribution in [0.3, 0.4) is 0 Å². The molecule has 0 radical (unpaired) electrons. The first-order chi connectivity index (χ1) is 9.72. The van der Waals surface area contributed by atoms with Crippen molar-refractivity contribution < 1.29 is 12.8 Å². The lowest BCUT2D eigenvalue weighted by atomic mass is 10.2. The third-order valence-electron chi connectivity index (χ3n) is 2.78. The Morgan fingerprint density at radius 2 is 1.76 bits per heavy atom. The van der Waals surface area contributed by atoms with Gasteiger partial charge in [-0.3, -0.25) is 4.72 Å². The van der Waals surface area contributed by atoms with Crippen molar-refractivity contribution in [3.8, 4) is 0 Å². The molecule has 0 aliphatic rings. The zero-order valence-corrected chi connectivity index (χ0v) is 13.2. The smallest absolute Gasteiger partial charge is 0.262 e. The molecular formula is C13H11Cl2FN2O2S. The molecule has 0 fully saturated rings. The molecule has 0 unspecified atom stereocenters. The van der Waals surface area contributed by atoms with Crippen LogP contribution in [-0.2, 0) is 10.0 Å². The van der Waals surface area contributed by atoms with E-state index in [1.54, 1.807) is 6.07 Å². The molecule has 0 aliphatic heterocycles. The number of benzene rings is 2. The number of nitrogens with two attached hydrogens (primary N) is 1. The van der Waals surface area contributed by atoms with E-state index in [9.17, 15) is 12.8 Å². The summed E-state index contributed by atoms with van der Waals surface area (Å²) in [5, 5.41) is 0.303. The van der Waals surface area contributed by atoms with Crippen molar-refractivity contribution in [1.82, 2.24) is 0 Å². The minimum Gasteiger partial charge on any atom is -0.396 e. The summed E-state index contributed by atoms with van der Waals surface area (Å²) in [5.74, 6) is -0.678. The predicted octanol–water partition coefficient (Wildman–Crippen LogP) is 3.82. The number of aryl methyl sites for hydroxylation is 1. The third kappa shape index (κ3) is 3.23. The number of halogens is 3. The van der Waals surface area contributed by atoms with Crippen LogP contribution in [0.25, 0.3) is 0 Å². The molecule has 2 aromatic carbocycles. The minimum absolute atomic E-state index is 0.0585. The van der Waals surface area contributed by atoms with E-state index in [1.165, 1.54) is 19.1 Å². The molecule has 3 N–H and O–H groups in total. The van der Waals surface area contributed by atoms with Gasteiger partial charge in [-0.1, -0.05) is 29.3 Å². The Kier molecular flexibility index (Phi) is 4.32. The second-order valence-electron chi connectivity index (χ2n) is 4.34. The molecule has 2 rings (SSSR count). The van der Waals surface area contributed by atoms with E-state index in [0.717, 1.165) is 12.1 Å². The van der Waals surface area contributed by atoms with Gasteiger partial charge < -0.3 is 5.73 Å². The van der Waals surface area contributed by atoms with E-state index in [4.69, 9.17) is 28.9 Å². The quantitative estimate of drug-likeness (QED) is 0.828. The van der Waals surface area contributed by atoms with E-state index in [1.807, 2.05) is 0 Å². The third-order valence-corrected chi connectivity index (χ3v) is 4.90. The summed E-state index contributed by atoms with van der Waals surface area (Å²) in [6.45, 7) is 1.46. The fourth-order valence-corrected chi connectivity index (χ4v) is 3.71. The van der Waals surface area contributed by atoms with Crippen molar-refractivity contribution in [2.45, 2.75) is 11.8 Å². The maximum absolute atomic E-state index is 13.3. The largest absolute Gasteiger partial charge is 0.396 e. The SMILES string of the molecule is Cc1cc(F)c(N)cc1S(=O)(=O)Nc1c(Cl)cccc1Cl. The zero-order chi connectivity index (χ0) is 15.8. The van der Waals surface area contributed by atoms with Crippen LogP contribution in [0.2, 0.25) is 10.0 Å². The van der Waals surface area contributed by atoms with Gasteiger partial charge in [-0.2, -0.15) is 0 Å². The average Bonchev–Trinajstić information content (AvgIpc) is 2.38. The number of hydrogen-bond donors (Lipinski definition) is 2. The van der Waals surface area contributed by atoms with Gasteiger partial charge >= 0.3 is 0 Å². The summed E-state index contributed by atoms with van der Waals surface area (Å²) in [7, 11) is -3.99.